The van der Waals surface area contributed by atoms with Gasteiger partial charge in [0.15, 0.2) is 0 Å². The molecule has 0 aliphatic rings. The van der Waals surface area contributed by atoms with E-state index in [1.54, 1.807) is 6.08 Å². The van der Waals surface area contributed by atoms with Crippen molar-refractivity contribution in [1.29, 1.82) is 0 Å². The van der Waals surface area contributed by atoms with Crippen LogP contribution in [0.4, 0.5) is 0 Å². The topological polar surface area (TPSA) is 46.5 Å². The fraction of sp³-hybridized carbons (Fsp3) is 0.400. The van der Waals surface area contributed by atoms with E-state index in [0.29, 0.717) is 12.5 Å². The van der Waals surface area contributed by atoms with Gasteiger partial charge in [-0.05, 0) is 52.0 Å². The van der Waals surface area contributed by atoms with E-state index in [9.17, 15) is 4.79 Å². The first-order valence-corrected chi connectivity index (χ1v) is 7.15. The van der Waals surface area contributed by atoms with Crippen LogP contribution in [0.2, 0.25) is 0 Å². The van der Waals surface area contributed by atoms with Crippen molar-refractivity contribution in [1.82, 2.24) is 0 Å². The molecule has 1 atom stereocenters. The lowest BCUT2D eigenvalue weighted by Gasteiger charge is -2.13. The fourth-order valence-electron chi connectivity index (χ4n) is 1.71. The number of ether oxygens (including phenoxy) is 1. The lowest BCUT2D eigenvalue weighted by atomic mass is 10.1. The summed E-state index contributed by atoms with van der Waals surface area (Å²) < 4.78 is 6.58. The molecule has 0 aromatic heterocycles. The summed E-state index contributed by atoms with van der Waals surface area (Å²) in [5.74, 6) is 0.365. The molecule has 1 unspecified atom stereocenters. The minimum Gasteiger partial charge on any atom is -0.492 e. The van der Waals surface area contributed by atoms with Gasteiger partial charge in [-0.25, -0.2) is 4.79 Å². The van der Waals surface area contributed by atoms with E-state index in [0.717, 1.165) is 34.7 Å². The minimum atomic E-state index is -0.954. The van der Waals surface area contributed by atoms with E-state index >= 15 is 0 Å². The third-order valence-electron chi connectivity index (χ3n) is 2.68. The minimum absolute atomic E-state index is 0.531. The average molecular weight is 327 g/mol. The zero-order valence-electron chi connectivity index (χ0n) is 11.2. The monoisotopic (exact) mass is 326 g/mol. The first kappa shape index (κ1) is 15.8. The largest absolute Gasteiger partial charge is 0.492 e. The molecule has 4 heteroatoms. The summed E-state index contributed by atoms with van der Waals surface area (Å²) in [7, 11) is 0. The van der Waals surface area contributed by atoms with Crippen LogP contribution >= 0.6 is 15.9 Å². The van der Waals surface area contributed by atoms with Crippen molar-refractivity contribution < 1.29 is 14.6 Å². The molecule has 0 amide bonds. The molecule has 0 spiro atoms. The summed E-state index contributed by atoms with van der Waals surface area (Å²) in [4.78, 5) is 10.4. The van der Waals surface area contributed by atoms with Crippen molar-refractivity contribution in [3.05, 3.63) is 34.3 Å². The van der Waals surface area contributed by atoms with Crippen LogP contribution in [0.3, 0.4) is 0 Å². The van der Waals surface area contributed by atoms with Crippen molar-refractivity contribution in [3.63, 3.8) is 0 Å². The fourth-order valence-corrected chi connectivity index (χ4v) is 2.22. The van der Waals surface area contributed by atoms with Gasteiger partial charge in [-0.3, -0.25) is 0 Å². The quantitative estimate of drug-likeness (QED) is 0.757. The summed E-state index contributed by atoms with van der Waals surface area (Å²) in [6.07, 6.45) is 4.98. The molecule has 0 heterocycles. The Morgan fingerprint density at radius 1 is 1.53 bits per heavy atom. The first-order valence-electron chi connectivity index (χ1n) is 6.36. The number of carbonyl (C=O) groups is 1. The first-order chi connectivity index (χ1) is 9.02. The Morgan fingerprint density at radius 2 is 2.26 bits per heavy atom. The van der Waals surface area contributed by atoms with E-state index in [-0.39, 0.29) is 0 Å². The molecule has 3 nitrogen and oxygen atoms in total. The van der Waals surface area contributed by atoms with Gasteiger partial charge in [-0.2, -0.15) is 0 Å². The highest BCUT2D eigenvalue weighted by Crippen LogP contribution is 2.27. The van der Waals surface area contributed by atoms with Gasteiger partial charge in [0.25, 0.3) is 0 Å². The standard InChI is InChI=1S/C15H19BrO3/c1-3-4-11(2)10-19-14-7-5-12(9-13(14)16)6-8-15(17)18/h5-9,11H,3-4,10H2,1-2H3,(H,17,18). The number of rotatable bonds is 7. The molecule has 1 aromatic carbocycles. The van der Waals surface area contributed by atoms with E-state index in [4.69, 9.17) is 9.84 Å². The molecule has 0 aliphatic carbocycles. The molecule has 19 heavy (non-hydrogen) atoms. The normalized spacial score (nSPS) is 12.6. The van der Waals surface area contributed by atoms with Crippen molar-refractivity contribution in [3.8, 4) is 5.75 Å². The maximum Gasteiger partial charge on any atom is 0.328 e. The number of halogens is 1. The number of hydrogen-bond acceptors (Lipinski definition) is 2. The van der Waals surface area contributed by atoms with E-state index in [1.807, 2.05) is 18.2 Å². The third-order valence-corrected chi connectivity index (χ3v) is 3.30. The van der Waals surface area contributed by atoms with Gasteiger partial charge in [-0.15, -0.1) is 0 Å². The number of benzene rings is 1. The molecule has 104 valence electrons. The second-order valence-corrected chi connectivity index (χ2v) is 5.42. The number of carboxylic acids is 1. The van der Waals surface area contributed by atoms with Crippen molar-refractivity contribution in [2.75, 3.05) is 6.61 Å². The number of carboxylic acid groups (broad SMARTS) is 1. The molecule has 1 rings (SSSR count). The Labute approximate surface area is 122 Å². The summed E-state index contributed by atoms with van der Waals surface area (Å²) >= 11 is 3.44. The van der Waals surface area contributed by atoms with Crippen LogP contribution in [0.5, 0.6) is 5.75 Å². The Bertz CT molecular complexity index is 455. The molecule has 0 saturated carbocycles. The predicted octanol–water partition coefficient (Wildman–Crippen LogP) is 4.36. The Balaban J connectivity index is 2.64. The Kier molecular flexibility index (Phi) is 6.64. The summed E-state index contributed by atoms with van der Waals surface area (Å²) in [6, 6.07) is 5.54. The van der Waals surface area contributed by atoms with Gasteiger partial charge in [-0.1, -0.05) is 26.3 Å². The van der Waals surface area contributed by atoms with Crippen molar-refractivity contribution >= 4 is 28.0 Å². The molecule has 0 bridgehead atoms. The maximum atomic E-state index is 10.4. The second kappa shape index (κ2) is 8.00. The third kappa shape index (κ3) is 5.92. The highest BCUT2D eigenvalue weighted by atomic mass is 79.9. The summed E-state index contributed by atoms with van der Waals surface area (Å²) in [6.45, 7) is 5.02. The maximum absolute atomic E-state index is 10.4. The van der Waals surface area contributed by atoms with Crippen molar-refractivity contribution in [2.45, 2.75) is 26.7 Å². The van der Waals surface area contributed by atoms with Crippen molar-refractivity contribution in [2.24, 2.45) is 5.92 Å². The van der Waals surface area contributed by atoms with Crippen LogP contribution in [0.1, 0.15) is 32.3 Å². The Hall–Kier alpha value is -1.29. The lowest BCUT2D eigenvalue weighted by Crippen LogP contribution is -2.08. The second-order valence-electron chi connectivity index (χ2n) is 4.57. The van der Waals surface area contributed by atoms with Crippen LogP contribution in [0, 0.1) is 5.92 Å². The summed E-state index contributed by atoms with van der Waals surface area (Å²) in [5, 5.41) is 8.57. The van der Waals surface area contributed by atoms with Gasteiger partial charge in [0.2, 0.25) is 0 Å². The number of hydrogen-bond donors (Lipinski definition) is 1. The average Bonchev–Trinajstić information content (AvgIpc) is 2.35. The predicted molar refractivity (Wildman–Crippen MR) is 80.4 cm³/mol. The molecule has 0 fully saturated rings. The van der Waals surface area contributed by atoms with Crippen LogP contribution in [-0.2, 0) is 4.79 Å². The van der Waals surface area contributed by atoms with Crippen LogP contribution in [0.15, 0.2) is 28.7 Å². The summed E-state index contributed by atoms with van der Waals surface area (Å²) in [5.41, 5.74) is 0.822. The zero-order valence-corrected chi connectivity index (χ0v) is 12.8. The van der Waals surface area contributed by atoms with Gasteiger partial charge < -0.3 is 9.84 Å². The van der Waals surface area contributed by atoms with Gasteiger partial charge in [0.1, 0.15) is 5.75 Å². The molecular weight excluding hydrogens is 308 g/mol. The number of aliphatic carboxylic acids is 1. The van der Waals surface area contributed by atoms with Gasteiger partial charge in [0, 0.05) is 6.08 Å². The van der Waals surface area contributed by atoms with Gasteiger partial charge >= 0.3 is 5.97 Å². The van der Waals surface area contributed by atoms with E-state index in [2.05, 4.69) is 29.8 Å². The molecule has 0 aliphatic heterocycles. The zero-order chi connectivity index (χ0) is 14.3. The molecule has 1 N–H and O–H groups in total. The highest BCUT2D eigenvalue weighted by Gasteiger charge is 2.05. The molecule has 0 radical (unpaired) electrons. The van der Waals surface area contributed by atoms with Crippen LogP contribution in [-0.4, -0.2) is 17.7 Å². The van der Waals surface area contributed by atoms with E-state index in [1.165, 1.54) is 0 Å². The van der Waals surface area contributed by atoms with Crippen LogP contribution < -0.4 is 4.74 Å². The van der Waals surface area contributed by atoms with Gasteiger partial charge in [0.05, 0.1) is 11.1 Å². The smallest absolute Gasteiger partial charge is 0.328 e. The highest BCUT2D eigenvalue weighted by molar-refractivity contribution is 9.10. The van der Waals surface area contributed by atoms with E-state index < -0.39 is 5.97 Å². The molecule has 0 saturated heterocycles. The SMILES string of the molecule is CCCC(C)COc1ccc(C=CC(=O)O)cc1Br. The molecular formula is C15H19BrO3. The lowest BCUT2D eigenvalue weighted by molar-refractivity contribution is -0.131. The Morgan fingerprint density at radius 3 is 2.84 bits per heavy atom. The van der Waals surface area contributed by atoms with Crippen LogP contribution in [0.25, 0.3) is 6.08 Å². The molecule has 1 aromatic rings.